The van der Waals surface area contributed by atoms with Gasteiger partial charge in [-0.25, -0.2) is 4.98 Å². The molecule has 2 N–H and O–H groups in total. The third-order valence-electron chi connectivity index (χ3n) is 2.02. The topological polar surface area (TPSA) is 64.3 Å². The van der Waals surface area contributed by atoms with Crippen molar-refractivity contribution in [1.29, 1.82) is 0 Å². The summed E-state index contributed by atoms with van der Waals surface area (Å²) in [5.74, 6) is 1.15. The maximum absolute atomic E-state index is 5.57. The van der Waals surface area contributed by atoms with Gasteiger partial charge in [-0.15, -0.1) is 0 Å². The predicted molar refractivity (Wildman–Crippen MR) is 60.9 cm³/mol. The van der Waals surface area contributed by atoms with E-state index in [1.807, 2.05) is 31.9 Å². The van der Waals surface area contributed by atoms with Crippen LogP contribution in [-0.4, -0.2) is 36.8 Å². The van der Waals surface area contributed by atoms with Crippen LogP contribution in [0.2, 0.25) is 0 Å². The van der Waals surface area contributed by atoms with Gasteiger partial charge in [0.05, 0.1) is 6.61 Å². The molecular formula is C10H18N4O. The normalized spacial score (nSPS) is 10.3. The van der Waals surface area contributed by atoms with Gasteiger partial charge in [-0.2, -0.15) is 4.98 Å². The van der Waals surface area contributed by atoms with E-state index in [4.69, 9.17) is 10.5 Å². The van der Waals surface area contributed by atoms with Crippen LogP contribution in [0.15, 0.2) is 6.07 Å². The van der Waals surface area contributed by atoms with Gasteiger partial charge >= 0.3 is 0 Å². The fourth-order valence-electron chi connectivity index (χ4n) is 1.23. The smallest absolute Gasteiger partial charge is 0.222 e. The van der Waals surface area contributed by atoms with Crippen molar-refractivity contribution < 1.29 is 4.74 Å². The van der Waals surface area contributed by atoms with Crippen LogP contribution in [0.4, 0.5) is 11.8 Å². The predicted octanol–water partition coefficient (Wildman–Crippen LogP) is 0.840. The molecule has 0 amide bonds. The van der Waals surface area contributed by atoms with Crippen LogP contribution in [0.3, 0.4) is 0 Å². The molecule has 1 aromatic heterocycles. The van der Waals surface area contributed by atoms with Crippen LogP contribution in [0.5, 0.6) is 0 Å². The number of likely N-dealkylation sites (N-methyl/N-ethyl adjacent to an activating group) is 1. The number of aromatic nitrogens is 2. The molecule has 15 heavy (non-hydrogen) atoms. The molecule has 1 heterocycles. The van der Waals surface area contributed by atoms with E-state index >= 15 is 0 Å². The zero-order valence-corrected chi connectivity index (χ0v) is 9.53. The first-order chi connectivity index (χ1) is 7.13. The van der Waals surface area contributed by atoms with Crippen molar-refractivity contribution in [1.82, 2.24) is 9.97 Å². The van der Waals surface area contributed by atoms with Gasteiger partial charge in [-0.05, 0) is 13.8 Å². The van der Waals surface area contributed by atoms with Crippen LogP contribution >= 0.6 is 0 Å². The maximum atomic E-state index is 5.57. The largest absolute Gasteiger partial charge is 0.380 e. The lowest BCUT2D eigenvalue weighted by molar-refractivity contribution is 0.154. The van der Waals surface area contributed by atoms with Gasteiger partial charge in [0.15, 0.2) is 0 Å². The van der Waals surface area contributed by atoms with Gasteiger partial charge in [0.25, 0.3) is 0 Å². The first-order valence-corrected chi connectivity index (χ1v) is 5.03. The van der Waals surface area contributed by atoms with Crippen LogP contribution < -0.4 is 10.6 Å². The number of hydrogen-bond acceptors (Lipinski definition) is 5. The van der Waals surface area contributed by atoms with E-state index in [9.17, 15) is 0 Å². The Balaban J connectivity index is 2.60. The average molecular weight is 210 g/mol. The lowest BCUT2D eigenvalue weighted by Gasteiger charge is -2.18. The molecule has 0 aliphatic rings. The van der Waals surface area contributed by atoms with E-state index < -0.39 is 0 Å². The zero-order valence-electron chi connectivity index (χ0n) is 9.53. The molecule has 0 aliphatic heterocycles. The second-order valence-corrected chi connectivity index (χ2v) is 3.34. The number of nitrogens with two attached hydrogens (primary N) is 1. The van der Waals surface area contributed by atoms with E-state index in [2.05, 4.69) is 9.97 Å². The summed E-state index contributed by atoms with van der Waals surface area (Å²) in [5, 5.41) is 0. The summed E-state index contributed by atoms with van der Waals surface area (Å²) in [5.41, 5.74) is 6.45. The summed E-state index contributed by atoms with van der Waals surface area (Å²) in [4.78, 5) is 10.2. The van der Waals surface area contributed by atoms with Gasteiger partial charge in [0.1, 0.15) is 5.82 Å². The third-order valence-corrected chi connectivity index (χ3v) is 2.02. The van der Waals surface area contributed by atoms with Gasteiger partial charge in [0.2, 0.25) is 5.95 Å². The fourth-order valence-corrected chi connectivity index (χ4v) is 1.23. The molecule has 0 saturated heterocycles. The molecule has 0 aliphatic carbocycles. The molecule has 1 aromatic rings. The monoisotopic (exact) mass is 210 g/mol. The molecule has 0 saturated carbocycles. The number of aryl methyl sites for hydroxylation is 1. The average Bonchev–Trinajstić information content (AvgIpc) is 2.16. The zero-order chi connectivity index (χ0) is 11.3. The van der Waals surface area contributed by atoms with Gasteiger partial charge in [-0.1, -0.05) is 0 Å². The van der Waals surface area contributed by atoms with Crippen molar-refractivity contribution in [2.24, 2.45) is 0 Å². The lowest BCUT2D eigenvalue weighted by atomic mass is 10.4. The Hall–Kier alpha value is -1.36. The number of rotatable bonds is 5. The molecule has 0 atom stereocenters. The minimum atomic E-state index is 0.313. The SMILES string of the molecule is CCOCCN(C)c1cc(C)nc(N)n1. The van der Waals surface area contributed by atoms with E-state index in [1.54, 1.807) is 0 Å². The van der Waals surface area contributed by atoms with Crippen LogP contribution in [0.1, 0.15) is 12.6 Å². The first kappa shape index (κ1) is 11.7. The summed E-state index contributed by atoms with van der Waals surface area (Å²) in [6.45, 7) is 6.10. The second kappa shape index (κ2) is 5.50. The third kappa shape index (κ3) is 3.71. The Labute approximate surface area is 90.3 Å². The van der Waals surface area contributed by atoms with Crippen molar-refractivity contribution in [3.63, 3.8) is 0 Å². The van der Waals surface area contributed by atoms with Crippen LogP contribution in [0, 0.1) is 6.92 Å². The number of hydrogen-bond donors (Lipinski definition) is 1. The Morgan fingerprint density at radius 3 is 2.80 bits per heavy atom. The summed E-state index contributed by atoms with van der Waals surface area (Å²) in [6, 6.07) is 1.91. The van der Waals surface area contributed by atoms with Gasteiger partial charge in [0, 0.05) is 32.0 Å². The maximum Gasteiger partial charge on any atom is 0.222 e. The minimum Gasteiger partial charge on any atom is -0.380 e. The molecule has 84 valence electrons. The molecule has 0 fully saturated rings. The fraction of sp³-hybridized carbons (Fsp3) is 0.600. The summed E-state index contributed by atoms with van der Waals surface area (Å²) in [6.07, 6.45) is 0. The molecular weight excluding hydrogens is 192 g/mol. The molecule has 0 radical (unpaired) electrons. The highest BCUT2D eigenvalue weighted by Crippen LogP contribution is 2.11. The number of nitrogen functional groups attached to an aromatic ring is 1. The molecule has 1 rings (SSSR count). The van der Waals surface area contributed by atoms with Crippen LogP contribution in [-0.2, 0) is 4.74 Å². The van der Waals surface area contributed by atoms with E-state index in [0.717, 1.165) is 24.7 Å². The highest BCUT2D eigenvalue weighted by molar-refractivity contribution is 5.42. The first-order valence-electron chi connectivity index (χ1n) is 5.03. The van der Waals surface area contributed by atoms with E-state index in [0.29, 0.717) is 12.6 Å². The molecule has 0 spiro atoms. The summed E-state index contributed by atoms with van der Waals surface area (Å²) in [7, 11) is 1.96. The second-order valence-electron chi connectivity index (χ2n) is 3.34. The van der Waals surface area contributed by atoms with Gasteiger partial charge in [-0.3, -0.25) is 0 Å². The van der Waals surface area contributed by atoms with Crippen molar-refractivity contribution in [2.45, 2.75) is 13.8 Å². The van der Waals surface area contributed by atoms with E-state index in [-0.39, 0.29) is 0 Å². The summed E-state index contributed by atoms with van der Waals surface area (Å²) >= 11 is 0. The molecule has 5 heteroatoms. The Kier molecular flexibility index (Phi) is 4.30. The molecule has 5 nitrogen and oxygen atoms in total. The van der Waals surface area contributed by atoms with Crippen molar-refractivity contribution >= 4 is 11.8 Å². The minimum absolute atomic E-state index is 0.313. The highest BCUT2D eigenvalue weighted by Gasteiger charge is 2.04. The molecule has 0 unspecified atom stereocenters. The highest BCUT2D eigenvalue weighted by atomic mass is 16.5. The Bertz CT molecular complexity index is 296. The number of ether oxygens (including phenoxy) is 1. The number of anilines is 2. The van der Waals surface area contributed by atoms with Crippen molar-refractivity contribution in [3.05, 3.63) is 11.8 Å². The van der Waals surface area contributed by atoms with Crippen molar-refractivity contribution in [3.8, 4) is 0 Å². The van der Waals surface area contributed by atoms with Gasteiger partial charge < -0.3 is 15.4 Å². The lowest BCUT2D eigenvalue weighted by Crippen LogP contribution is -2.24. The molecule has 0 aromatic carbocycles. The summed E-state index contributed by atoms with van der Waals surface area (Å²) < 4.78 is 5.27. The van der Waals surface area contributed by atoms with Crippen molar-refractivity contribution in [2.75, 3.05) is 37.4 Å². The van der Waals surface area contributed by atoms with Crippen LogP contribution in [0.25, 0.3) is 0 Å². The Morgan fingerprint density at radius 2 is 2.20 bits per heavy atom. The quantitative estimate of drug-likeness (QED) is 0.730. The molecule has 0 bridgehead atoms. The standard InChI is InChI=1S/C10H18N4O/c1-4-15-6-5-14(3)9-7-8(2)12-10(11)13-9/h7H,4-6H2,1-3H3,(H2,11,12,13). The Morgan fingerprint density at radius 1 is 1.47 bits per heavy atom. The number of nitrogens with zero attached hydrogens (tertiary/aromatic N) is 3. The van der Waals surface area contributed by atoms with E-state index in [1.165, 1.54) is 0 Å².